The van der Waals surface area contributed by atoms with Crippen LogP contribution in [0.4, 0.5) is 5.95 Å². The Morgan fingerprint density at radius 3 is 2.96 bits per heavy atom. The van der Waals surface area contributed by atoms with Crippen LogP contribution in [-0.2, 0) is 11.2 Å². The zero-order valence-electron chi connectivity index (χ0n) is 13.4. The average Bonchev–Trinajstić information content (AvgIpc) is 2.97. The second kappa shape index (κ2) is 6.91. The molecule has 0 saturated carbocycles. The fraction of sp³-hybridized carbons (Fsp3) is 0.176. The Bertz CT molecular complexity index is 868. The summed E-state index contributed by atoms with van der Waals surface area (Å²) < 4.78 is 6.82. The monoisotopic (exact) mass is 323 g/mol. The van der Waals surface area contributed by atoms with Gasteiger partial charge in [0.25, 0.3) is 17.6 Å². The maximum Gasteiger partial charge on any atom is 0.253 e. The summed E-state index contributed by atoms with van der Waals surface area (Å²) in [5.74, 6) is 1.18. The topological polar surface area (TPSA) is 81.4 Å². The molecule has 1 aromatic carbocycles. The number of ether oxygens (including phenoxy) is 1. The van der Waals surface area contributed by atoms with Crippen LogP contribution in [0.5, 0.6) is 5.75 Å². The van der Waals surface area contributed by atoms with E-state index in [2.05, 4.69) is 20.4 Å². The van der Waals surface area contributed by atoms with E-state index in [9.17, 15) is 4.79 Å². The summed E-state index contributed by atoms with van der Waals surface area (Å²) in [7, 11) is 1.63. The summed E-state index contributed by atoms with van der Waals surface area (Å²) in [5.41, 5.74) is 1.93. The summed E-state index contributed by atoms with van der Waals surface area (Å²) in [4.78, 5) is 20.3. The highest BCUT2D eigenvalue weighted by atomic mass is 16.5. The van der Waals surface area contributed by atoms with Crippen molar-refractivity contribution in [3.63, 3.8) is 0 Å². The van der Waals surface area contributed by atoms with Gasteiger partial charge in [0.15, 0.2) is 0 Å². The molecule has 0 saturated heterocycles. The lowest BCUT2D eigenvalue weighted by atomic mass is 10.1. The van der Waals surface area contributed by atoms with Gasteiger partial charge >= 0.3 is 0 Å². The maximum absolute atomic E-state index is 12.1. The van der Waals surface area contributed by atoms with Gasteiger partial charge in [0.1, 0.15) is 5.75 Å². The first-order valence-corrected chi connectivity index (χ1v) is 7.43. The van der Waals surface area contributed by atoms with Gasteiger partial charge in [0, 0.05) is 18.5 Å². The molecule has 0 aliphatic carbocycles. The van der Waals surface area contributed by atoms with E-state index < -0.39 is 0 Å². The molecule has 3 rings (SSSR count). The first-order valence-electron chi connectivity index (χ1n) is 7.43. The van der Waals surface area contributed by atoms with Crippen molar-refractivity contribution in [3.8, 4) is 5.75 Å². The number of anilines is 1. The number of nitrogens with one attached hydrogen (secondary N) is 1. The van der Waals surface area contributed by atoms with Crippen LogP contribution in [0.3, 0.4) is 0 Å². The molecule has 2 aromatic heterocycles. The number of para-hydroxylation sites is 1. The van der Waals surface area contributed by atoms with Crippen LogP contribution in [0.1, 0.15) is 12.5 Å². The molecule has 7 nitrogen and oxygen atoms in total. The van der Waals surface area contributed by atoms with Gasteiger partial charge in [-0.25, -0.2) is 9.50 Å². The van der Waals surface area contributed by atoms with Crippen molar-refractivity contribution in [2.75, 3.05) is 12.4 Å². The Morgan fingerprint density at radius 2 is 2.17 bits per heavy atom. The molecule has 1 N–H and O–H groups in total. The number of amides is 1. The summed E-state index contributed by atoms with van der Waals surface area (Å²) in [6.45, 7) is 1.89. The second-order valence-electron chi connectivity index (χ2n) is 5.27. The van der Waals surface area contributed by atoms with E-state index in [-0.39, 0.29) is 11.9 Å². The van der Waals surface area contributed by atoms with E-state index in [1.165, 1.54) is 10.6 Å². The number of fused-ring (bicyclic) bond motifs is 1. The molecule has 0 aliphatic heterocycles. The Morgan fingerprint density at radius 1 is 1.33 bits per heavy atom. The molecule has 0 aliphatic rings. The summed E-state index contributed by atoms with van der Waals surface area (Å²) in [6, 6.07) is 9.47. The van der Waals surface area contributed by atoms with Gasteiger partial charge in [-0.05, 0) is 31.0 Å². The molecule has 7 heteroatoms. The number of benzene rings is 1. The minimum Gasteiger partial charge on any atom is -0.496 e. The van der Waals surface area contributed by atoms with E-state index in [1.54, 1.807) is 25.6 Å². The fourth-order valence-corrected chi connectivity index (χ4v) is 2.36. The highest BCUT2D eigenvalue weighted by molar-refractivity contribution is 5.98. The molecule has 0 fully saturated rings. The Labute approximate surface area is 139 Å². The highest BCUT2D eigenvalue weighted by Gasteiger charge is 2.08. The van der Waals surface area contributed by atoms with E-state index in [0.29, 0.717) is 12.2 Å². The number of allylic oxidation sites excluding steroid dienone is 1. The van der Waals surface area contributed by atoms with E-state index in [1.807, 2.05) is 31.2 Å². The number of aromatic nitrogens is 4. The van der Waals surface area contributed by atoms with Crippen molar-refractivity contribution in [3.05, 3.63) is 59.9 Å². The van der Waals surface area contributed by atoms with Crippen LogP contribution < -0.4 is 10.1 Å². The molecular formula is C17H17N5O2. The largest absolute Gasteiger partial charge is 0.496 e. The van der Waals surface area contributed by atoms with Crippen LogP contribution in [0.15, 0.2) is 54.4 Å². The molecule has 0 bridgehead atoms. The van der Waals surface area contributed by atoms with Crippen molar-refractivity contribution in [2.45, 2.75) is 13.3 Å². The Kier molecular flexibility index (Phi) is 4.51. The van der Waals surface area contributed by atoms with Gasteiger partial charge < -0.3 is 4.74 Å². The lowest BCUT2D eigenvalue weighted by molar-refractivity contribution is -0.112. The van der Waals surface area contributed by atoms with E-state index in [0.717, 1.165) is 16.9 Å². The lowest BCUT2D eigenvalue weighted by Crippen LogP contribution is -2.10. The van der Waals surface area contributed by atoms with Gasteiger partial charge in [-0.1, -0.05) is 23.8 Å². The van der Waals surface area contributed by atoms with Crippen LogP contribution in [0, 0.1) is 0 Å². The summed E-state index contributed by atoms with van der Waals surface area (Å²) in [5, 5.41) is 6.78. The molecule has 0 spiro atoms. The molecule has 0 atom stereocenters. The molecule has 0 radical (unpaired) electrons. The third kappa shape index (κ3) is 3.57. The van der Waals surface area contributed by atoms with Gasteiger partial charge in [0.2, 0.25) is 0 Å². The molecule has 3 aromatic rings. The first kappa shape index (κ1) is 15.7. The zero-order valence-corrected chi connectivity index (χ0v) is 13.4. The minimum atomic E-state index is -0.279. The molecule has 24 heavy (non-hydrogen) atoms. The van der Waals surface area contributed by atoms with Crippen LogP contribution in [0.2, 0.25) is 0 Å². The third-order valence-electron chi connectivity index (χ3n) is 3.39. The SMILES string of the molecule is COc1ccccc1C/C(C)=C\C(=O)Nc1nc2ncccn2n1. The van der Waals surface area contributed by atoms with E-state index >= 15 is 0 Å². The molecule has 0 unspecified atom stereocenters. The number of carbonyl (C=O) groups excluding carboxylic acids is 1. The van der Waals surface area contributed by atoms with Crippen molar-refractivity contribution >= 4 is 17.6 Å². The third-order valence-corrected chi connectivity index (χ3v) is 3.39. The van der Waals surface area contributed by atoms with Crippen LogP contribution >= 0.6 is 0 Å². The molecule has 1 amide bonds. The smallest absolute Gasteiger partial charge is 0.253 e. The number of carbonyl (C=O) groups is 1. The highest BCUT2D eigenvalue weighted by Crippen LogP contribution is 2.20. The maximum atomic E-state index is 12.1. The summed E-state index contributed by atoms with van der Waals surface area (Å²) >= 11 is 0. The Hall–Kier alpha value is -3.22. The van der Waals surface area contributed by atoms with Crippen molar-refractivity contribution in [1.29, 1.82) is 0 Å². The molecule has 2 heterocycles. The van der Waals surface area contributed by atoms with Gasteiger partial charge in [-0.3, -0.25) is 10.1 Å². The van der Waals surface area contributed by atoms with Crippen molar-refractivity contribution in [2.24, 2.45) is 0 Å². The van der Waals surface area contributed by atoms with Gasteiger partial charge in [-0.15, -0.1) is 5.10 Å². The first-order chi connectivity index (χ1) is 11.7. The minimum absolute atomic E-state index is 0.222. The lowest BCUT2D eigenvalue weighted by Gasteiger charge is -2.08. The number of methoxy groups -OCH3 is 1. The normalized spacial score (nSPS) is 11.5. The average molecular weight is 323 g/mol. The predicted octanol–water partition coefficient (Wildman–Crippen LogP) is 2.26. The molecule has 122 valence electrons. The number of rotatable bonds is 5. The van der Waals surface area contributed by atoms with Crippen molar-refractivity contribution in [1.82, 2.24) is 19.6 Å². The predicted molar refractivity (Wildman–Crippen MR) is 89.9 cm³/mol. The van der Waals surface area contributed by atoms with Crippen LogP contribution in [-0.4, -0.2) is 32.6 Å². The standard InChI is InChI=1S/C17H17N5O2/c1-12(10-13-6-3-4-7-14(13)24-2)11-15(23)19-16-20-17-18-8-5-9-22(17)21-16/h3-9,11H,10H2,1-2H3,(H,19,21,23)/b12-11-. The van der Waals surface area contributed by atoms with Crippen LogP contribution in [0.25, 0.3) is 5.78 Å². The summed E-state index contributed by atoms with van der Waals surface area (Å²) in [6.07, 6.45) is 5.49. The quantitative estimate of drug-likeness (QED) is 0.728. The van der Waals surface area contributed by atoms with E-state index in [4.69, 9.17) is 4.74 Å². The number of hydrogen-bond acceptors (Lipinski definition) is 5. The number of nitrogens with zero attached hydrogens (tertiary/aromatic N) is 4. The fourth-order valence-electron chi connectivity index (χ4n) is 2.36. The number of hydrogen-bond donors (Lipinski definition) is 1. The Balaban J connectivity index is 1.69. The van der Waals surface area contributed by atoms with Crippen molar-refractivity contribution < 1.29 is 9.53 Å². The van der Waals surface area contributed by atoms with Gasteiger partial charge in [-0.2, -0.15) is 4.98 Å². The second-order valence-corrected chi connectivity index (χ2v) is 5.27. The molecular weight excluding hydrogens is 306 g/mol. The zero-order chi connectivity index (χ0) is 16.9. The van der Waals surface area contributed by atoms with Gasteiger partial charge in [0.05, 0.1) is 7.11 Å².